The van der Waals surface area contributed by atoms with Gasteiger partial charge in [-0.2, -0.15) is 0 Å². The number of hydrogen-bond donors (Lipinski definition) is 1. The molecule has 2 aliphatic heterocycles. The summed E-state index contributed by atoms with van der Waals surface area (Å²) in [5, 5.41) is 14.6. The average molecular weight is 384 g/mol. The monoisotopic (exact) mass is 384 g/mol. The van der Waals surface area contributed by atoms with Crippen molar-refractivity contribution in [2.45, 2.75) is 18.5 Å². The number of rotatable bonds is 3. The lowest BCUT2D eigenvalue weighted by molar-refractivity contribution is -0.0158. The molecular weight excluding hydrogens is 360 g/mol. The van der Waals surface area contributed by atoms with Gasteiger partial charge in [-0.25, -0.2) is 5.01 Å². The molecule has 1 N–H and O–H groups in total. The van der Waals surface area contributed by atoms with Gasteiger partial charge in [0, 0.05) is 18.0 Å². The Morgan fingerprint density at radius 1 is 0.862 bits per heavy atom. The molecule has 0 aliphatic carbocycles. The number of carbonyl (C=O) groups excluding carboxylic acids is 1. The number of benzene rings is 3. The molecule has 0 aromatic heterocycles. The van der Waals surface area contributed by atoms with E-state index in [0.717, 1.165) is 18.5 Å². The van der Waals surface area contributed by atoms with E-state index in [4.69, 9.17) is 0 Å². The van der Waals surface area contributed by atoms with E-state index >= 15 is 0 Å². The Bertz CT molecular complexity index is 1010. The molecule has 0 unspecified atom stereocenters. The summed E-state index contributed by atoms with van der Waals surface area (Å²) in [5.74, 6) is -0.105. The van der Waals surface area contributed by atoms with E-state index in [-0.39, 0.29) is 30.5 Å². The smallest absolute Gasteiger partial charge is 0.268 e. The van der Waals surface area contributed by atoms with E-state index in [1.165, 1.54) is 11.1 Å². The predicted octanol–water partition coefficient (Wildman–Crippen LogP) is 4.01. The number of fused-ring (bicyclic) bond motifs is 3. The molecule has 0 radical (unpaired) electrons. The Morgan fingerprint density at radius 3 is 2.24 bits per heavy atom. The average Bonchev–Trinajstić information content (AvgIpc) is 3.14. The predicted molar refractivity (Wildman–Crippen MR) is 112 cm³/mol. The maximum absolute atomic E-state index is 13.7. The van der Waals surface area contributed by atoms with Crippen LogP contribution in [0.5, 0.6) is 0 Å². The van der Waals surface area contributed by atoms with E-state index in [2.05, 4.69) is 41.4 Å². The molecule has 0 bridgehead atoms. The van der Waals surface area contributed by atoms with Crippen molar-refractivity contribution in [2.24, 2.45) is 5.92 Å². The minimum Gasteiger partial charge on any atom is -0.396 e. The molecule has 0 spiro atoms. The topological polar surface area (TPSA) is 43.8 Å². The van der Waals surface area contributed by atoms with Crippen molar-refractivity contribution in [3.63, 3.8) is 0 Å². The lowest BCUT2D eigenvalue weighted by Crippen LogP contribution is -2.45. The van der Waals surface area contributed by atoms with Crippen LogP contribution in [0.3, 0.4) is 0 Å². The number of nitrogens with zero attached hydrogens (tertiary/aromatic N) is 2. The third kappa shape index (κ3) is 2.96. The van der Waals surface area contributed by atoms with Gasteiger partial charge in [0.2, 0.25) is 0 Å². The van der Waals surface area contributed by atoms with Crippen molar-refractivity contribution < 1.29 is 9.90 Å². The molecule has 3 aromatic rings. The molecule has 2 aliphatic rings. The van der Waals surface area contributed by atoms with E-state index in [9.17, 15) is 9.90 Å². The lowest BCUT2D eigenvalue weighted by Gasteiger charge is -2.38. The Labute approximate surface area is 171 Å². The van der Waals surface area contributed by atoms with Crippen LogP contribution in [0, 0.1) is 5.92 Å². The van der Waals surface area contributed by atoms with Crippen LogP contribution in [-0.2, 0) is 6.42 Å². The molecular formula is C25H24N2O2. The summed E-state index contributed by atoms with van der Waals surface area (Å²) in [6.45, 7) is 0.785. The van der Waals surface area contributed by atoms with Gasteiger partial charge in [-0.1, -0.05) is 72.8 Å². The van der Waals surface area contributed by atoms with E-state index in [1.807, 2.05) is 53.5 Å². The summed E-state index contributed by atoms with van der Waals surface area (Å²) < 4.78 is 0. The van der Waals surface area contributed by atoms with Gasteiger partial charge in [0.1, 0.15) is 0 Å². The first-order chi connectivity index (χ1) is 14.3. The van der Waals surface area contributed by atoms with Crippen LogP contribution in [0.15, 0.2) is 84.9 Å². The summed E-state index contributed by atoms with van der Waals surface area (Å²) in [4.78, 5) is 13.7. The van der Waals surface area contributed by atoms with Crippen LogP contribution < -0.4 is 0 Å². The lowest BCUT2D eigenvalue weighted by atomic mass is 9.82. The number of carbonyl (C=O) groups is 1. The zero-order chi connectivity index (χ0) is 19.8. The molecule has 1 fully saturated rings. The Morgan fingerprint density at radius 2 is 1.52 bits per heavy atom. The molecule has 2 heterocycles. The number of aliphatic hydroxyl groups excluding tert-OH is 1. The van der Waals surface area contributed by atoms with Crippen molar-refractivity contribution in [1.82, 2.24) is 10.0 Å². The van der Waals surface area contributed by atoms with Gasteiger partial charge in [0.05, 0.1) is 18.7 Å². The maximum Gasteiger partial charge on any atom is 0.268 e. The first-order valence-electron chi connectivity index (χ1n) is 10.2. The van der Waals surface area contributed by atoms with Crippen molar-refractivity contribution >= 4 is 5.91 Å². The molecule has 1 amide bonds. The van der Waals surface area contributed by atoms with Gasteiger partial charge < -0.3 is 5.11 Å². The molecule has 3 atom stereocenters. The molecule has 1 saturated heterocycles. The minimum absolute atomic E-state index is 0.0113. The quantitative estimate of drug-likeness (QED) is 0.742. The second-order valence-electron chi connectivity index (χ2n) is 7.77. The molecule has 4 heteroatoms. The zero-order valence-corrected chi connectivity index (χ0v) is 16.2. The summed E-state index contributed by atoms with van der Waals surface area (Å²) in [6, 6.07) is 27.8. The highest BCUT2D eigenvalue weighted by atomic mass is 16.3. The fourth-order valence-electron chi connectivity index (χ4n) is 4.99. The Hall–Kier alpha value is -2.95. The second kappa shape index (κ2) is 7.47. The van der Waals surface area contributed by atoms with Gasteiger partial charge >= 0.3 is 0 Å². The zero-order valence-electron chi connectivity index (χ0n) is 16.2. The Balaban J connectivity index is 1.66. The van der Waals surface area contributed by atoms with Crippen LogP contribution >= 0.6 is 0 Å². The van der Waals surface area contributed by atoms with Gasteiger partial charge in [-0.15, -0.1) is 0 Å². The normalized spacial score (nSPS) is 23.5. The SMILES string of the molecule is O=C(c1ccccc1)N1[C@H](c2ccccc2)[C@@H](CO)[C@@H]2c3ccccc3CCN21. The molecule has 5 rings (SSSR count). The fraction of sp³-hybridized carbons (Fsp3) is 0.240. The molecule has 3 aromatic carbocycles. The Kier molecular flexibility index (Phi) is 4.66. The molecule has 29 heavy (non-hydrogen) atoms. The summed E-state index contributed by atoms with van der Waals surface area (Å²) in [6.07, 6.45) is 0.894. The molecule has 4 nitrogen and oxygen atoms in total. The van der Waals surface area contributed by atoms with E-state index in [0.29, 0.717) is 5.56 Å². The maximum atomic E-state index is 13.7. The first-order valence-corrected chi connectivity index (χ1v) is 10.2. The summed E-state index contributed by atoms with van der Waals surface area (Å²) in [7, 11) is 0. The van der Waals surface area contributed by atoms with Gasteiger partial charge in [0.25, 0.3) is 5.91 Å². The number of hydrazine groups is 1. The van der Waals surface area contributed by atoms with Crippen molar-refractivity contribution in [3.05, 3.63) is 107 Å². The summed E-state index contributed by atoms with van der Waals surface area (Å²) in [5.41, 5.74) is 4.27. The van der Waals surface area contributed by atoms with Crippen molar-refractivity contribution in [2.75, 3.05) is 13.2 Å². The standard InChI is InChI=1S/C25H24N2O2/c28-17-22-23(19-10-3-1-4-11-19)27(25(29)20-12-5-2-6-13-20)26-16-15-18-9-7-8-14-21(18)24(22)26/h1-14,22-24,28H,15-17H2/t22-,23-,24+/m1/s1. The van der Waals surface area contributed by atoms with Crippen molar-refractivity contribution in [1.29, 1.82) is 0 Å². The fourth-order valence-corrected chi connectivity index (χ4v) is 4.99. The highest BCUT2D eigenvalue weighted by Crippen LogP contribution is 2.51. The number of hydrogen-bond acceptors (Lipinski definition) is 3. The van der Waals surface area contributed by atoms with Crippen LogP contribution in [0.1, 0.15) is 39.1 Å². The number of aliphatic hydroxyl groups is 1. The van der Waals surface area contributed by atoms with Crippen LogP contribution in [-0.4, -0.2) is 34.2 Å². The van der Waals surface area contributed by atoms with Gasteiger partial charge in [0.15, 0.2) is 0 Å². The highest BCUT2D eigenvalue weighted by molar-refractivity contribution is 5.94. The van der Waals surface area contributed by atoms with Crippen LogP contribution in [0.25, 0.3) is 0 Å². The van der Waals surface area contributed by atoms with Crippen LogP contribution in [0.4, 0.5) is 0 Å². The summed E-state index contributed by atoms with van der Waals surface area (Å²) >= 11 is 0. The number of amides is 1. The van der Waals surface area contributed by atoms with E-state index in [1.54, 1.807) is 0 Å². The minimum atomic E-state index is -0.204. The van der Waals surface area contributed by atoms with Gasteiger partial charge in [-0.05, 0) is 35.2 Å². The second-order valence-corrected chi connectivity index (χ2v) is 7.77. The van der Waals surface area contributed by atoms with Gasteiger partial charge in [-0.3, -0.25) is 9.80 Å². The third-order valence-electron chi connectivity index (χ3n) is 6.24. The first kappa shape index (κ1) is 18.1. The highest BCUT2D eigenvalue weighted by Gasteiger charge is 2.52. The molecule has 0 saturated carbocycles. The van der Waals surface area contributed by atoms with E-state index < -0.39 is 0 Å². The largest absolute Gasteiger partial charge is 0.396 e. The molecule has 146 valence electrons. The van der Waals surface area contributed by atoms with Crippen LogP contribution in [0.2, 0.25) is 0 Å². The third-order valence-corrected chi connectivity index (χ3v) is 6.24. The van der Waals surface area contributed by atoms with Crippen molar-refractivity contribution in [3.8, 4) is 0 Å².